The third kappa shape index (κ3) is 5.26. The maximum atomic E-state index is 13.2. The van der Waals surface area contributed by atoms with Crippen LogP contribution in [-0.4, -0.2) is 11.9 Å². The Morgan fingerprint density at radius 3 is 1.94 bits per heavy atom. The van der Waals surface area contributed by atoms with Crippen LogP contribution in [0.3, 0.4) is 0 Å². The van der Waals surface area contributed by atoms with Gasteiger partial charge in [-0.05, 0) is 61.9 Å². The van der Waals surface area contributed by atoms with Crippen LogP contribution >= 0.6 is 0 Å². The van der Waals surface area contributed by atoms with E-state index in [1.54, 1.807) is 0 Å². The van der Waals surface area contributed by atoms with Gasteiger partial charge in [-0.15, -0.1) is 0 Å². The van der Waals surface area contributed by atoms with Gasteiger partial charge in [0.15, 0.2) is 0 Å². The molecule has 1 unspecified atom stereocenters. The second kappa shape index (κ2) is 8.77. The van der Waals surface area contributed by atoms with Crippen LogP contribution in [0.15, 0.2) is 48.5 Å². The smallest absolute Gasteiger partial charge is 0.346 e. The first-order valence-electron chi connectivity index (χ1n) is 10.2. The molecule has 32 heavy (non-hydrogen) atoms. The molecule has 3 N–H and O–H groups in total. The highest BCUT2D eigenvalue weighted by atomic mass is 19.4. The largest absolute Gasteiger partial charge is 0.416 e. The number of alkyl halides is 6. The standard InChI is InChI=1S/C23H24F6N2O/c1-14(15-11-17(22(24,25)26)13-18(12-15)23(27,28)29)20(32)31-21(9-7-19(30)8-10-21)16-5-3-2-4-6-16/h2-6,11-14,19H,7-10,30H2,1H3,(H,31,32)/t14?,19-,21-. The van der Waals surface area contributed by atoms with Gasteiger partial charge in [-0.3, -0.25) is 4.79 Å². The molecule has 1 amide bonds. The SMILES string of the molecule is CC(C(=O)N[C@]1(c2ccccc2)CC[C@@H](N)CC1)c1cc(C(F)(F)F)cc(C(F)(F)F)c1. The van der Waals surface area contributed by atoms with Gasteiger partial charge < -0.3 is 11.1 Å². The maximum Gasteiger partial charge on any atom is 0.416 e. The van der Waals surface area contributed by atoms with E-state index in [0.29, 0.717) is 37.8 Å². The molecule has 174 valence electrons. The van der Waals surface area contributed by atoms with E-state index in [1.807, 2.05) is 30.3 Å². The Hall–Kier alpha value is -2.55. The van der Waals surface area contributed by atoms with E-state index >= 15 is 0 Å². The Labute approximate surface area is 182 Å². The number of nitrogens with two attached hydrogens (primary N) is 1. The zero-order chi connectivity index (χ0) is 23.7. The van der Waals surface area contributed by atoms with Crippen LogP contribution in [0.4, 0.5) is 26.3 Å². The molecular formula is C23H24F6N2O. The lowest BCUT2D eigenvalue weighted by Crippen LogP contribution is -2.51. The van der Waals surface area contributed by atoms with Crippen molar-refractivity contribution in [3.8, 4) is 0 Å². The normalized spacial score (nSPS) is 22.9. The van der Waals surface area contributed by atoms with Crippen LogP contribution in [0.5, 0.6) is 0 Å². The molecule has 0 spiro atoms. The highest BCUT2D eigenvalue weighted by Crippen LogP contribution is 2.40. The van der Waals surface area contributed by atoms with Crippen LogP contribution in [0.1, 0.15) is 60.8 Å². The van der Waals surface area contributed by atoms with E-state index in [0.717, 1.165) is 5.56 Å². The number of hydrogen-bond acceptors (Lipinski definition) is 2. The van der Waals surface area contributed by atoms with Gasteiger partial charge in [0.1, 0.15) is 0 Å². The van der Waals surface area contributed by atoms with Crippen molar-refractivity contribution in [3.05, 3.63) is 70.8 Å². The number of rotatable bonds is 4. The van der Waals surface area contributed by atoms with E-state index < -0.39 is 40.8 Å². The molecule has 2 aromatic carbocycles. The van der Waals surface area contributed by atoms with Gasteiger partial charge in [-0.25, -0.2) is 0 Å². The number of nitrogens with one attached hydrogen (secondary N) is 1. The van der Waals surface area contributed by atoms with Gasteiger partial charge in [0, 0.05) is 6.04 Å². The minimum atomic E-state index is -4.98. The lowest BCUT2D eigenvalue weighted by Gasteiger charge is -2.41. The predicted molar refractivity (Wildman–Crippen MR) is 108 cm³/mol. The van der Waals surface area contributed by atoms with Crippen LogP contribution in [-0.2, 0) is 22.7 Å². The first-order chi connectivity index (χ1) is 14.8. The summed E-state index contributed by atoms with van der Waals surface area (Å²) in [6, 6.07) is 10.4. The Kier molecular flexibility index (Phi) is 6.60. The third-order valence-corrected chi connectivity index (χ3v) is 6.08. The summed E-state index contributed by atoms with van der Waals surface area (Å²) in [5, 5.41) is 2.93. The third-order valence-electron chi connectivity index (χ3n) is 6.08. The molecule has 1 atom stereocenters. The predicted octanol–water partition coefficient (Wildman–Crippen LogP) is 5.74. The Morgan fingerprint density at radius 2 is 1.47 bits per heavy atom. The number of benzene rings is 2. The monoisotopic (exact) mass is 458 g/mol. The van der Waals surface area contributed by atoms with Crippen molar-refractivity contribution in [2.24, 2.45) is 5.73 Å². The lowest BCUT2D eigenvalue weighted by molar-refractivity contribution is -0.143. The Balaban J connectivity index is 1.95. The Bertz CT molecular complexity index is 915. The Morgan fingerprint density at radius 1 is 0.969 bits per heavy atom. The molecular weight excluding hydrogens is 434 g/mol. The quantitative estimate of drug-likeness (QED) is 0.574. The minimum absolute atomic E-state index is 0.0287. The van der Waals surface area contributed by atoms with E-state index in [9.17, 15) is 31.1 Å². The van der Waals surface area contributed by atoms with E-state index in [-0.39, 0.29) is 17.7 Å². The summed E-state index contributed by atoms with van der Waals surface area (Å²) in [7, 11) is 0. The highest BCUT2D eigenvalue weighted by Gasteiger charge is 2.40. The van der Waals surface area contributed by atoms with Crippen molar-refractivity contribution in [1.82, 2.24) is 5.32 Å². The molecule has 9 heteroatoms. The number of carbonyl (C=O) groups excluding carboxylic acids is 1. The average molecular weight is 458 g/mol. The van der Waals surface area contributed by atoms with Crippen molar-refractivity contribution < 1.29 is 31.1 Å². The topological polar surface area (TPSA) is 55.1 Å². The van der Waals surface area contributed by atoms with Crippen LogP contribution in [0.25, 0.3) is 0 Å². The summed E-state index contributed by atoms with van der Waals surface area (Å²) >= 11 is 0. The fourth-order valence-electron chi connectivity index (χ4n) is 4.10. The second-order valence-corrected chi connectivity index (χ2v) is 8.34. The van der Waals surface area contributed by atoms with Crippen LogP contribution in [0, 0.1) is 0 Å². The summed E-state index contributed by atoms with van der Waals surface area (Å²) in [4.78, 5) is 13.1. The van der Waals surface area contributed by atoms with Crippen LogP contribution in [0.2, 0.25) is 0 Å². The molecule has 3 nitrogen and oxygen atoms in total. The van der Waals surface area contributed by atoms with Gasteiger partial charge in [0.25, 0.3) is 0 Å². The highest BCUT2D eigenvalue weighted by molar-refractivity contribution is 5.84. The maximum absolute atomic E-state index is 13.2. The fourth-order valence-corrected chi connectivity index (χ4v) is 4.10. The summed E-state index contributed by atoms with van der Waals surface area (Å²) in [5.41, 5.74) is 2.82. The molecule has 0 heterocycles. The summed E-state index contributed by atoms with van der Waals surface area (Å²) in [6.07, 6.45) is -7.65. The molecule has 0 aliphatic heterocycles. The van der Waals surface area contributed by atoms with Crippen molar-refractivity contribution in [2.75, 3.05) is 0 Å². The van der Waals surface area contributed by atoms with Crippen molar-refractivity contribution in [3.63, 3.8) is 0 Å². The lowest BCUT2D eigenvalue weighted by atomic mass is 9.74. The molecule has 1 saturated carbocycles. The molecule has 1 aliphatic rings. The zero-order valence-corrected chi connectivity index (χ0v) is 17.4. The number of amides is 1. The zero-order valence-electron chi connectivity index (χ0n) is 17.4. The second-order valence-electron chi connectivity index (χ2n) is 8.34. The van der Waals surface area contributed by atoms with Gasteiger partial charge in [0.2, 0.25) is 5.91 Å². The van der Waals surface area contributed by atoms with Gasteiger partial charge in [-0.2, -0.15) is 26.3 Å². The van der Waals surface area contributed by atoms with Crippen LogP contribution < -0.4 is 11.1 Å². The molecule has 1 fully saturated rings. The summed E-state index contributed by atoms with van der Waals surface area (Å²) in [5.74, 6) is -1.87. The fraction of sp³-hybridized carbons (Fsp3) is 0.435. The first-order valence-corrected chi connectivity index (χ1v) is 10.2. The van der Waals surface area contributed by atoms with Gasteiger partial charge >= 0.3 is 12.4 Å². The summed E-state index contributed by atoms with van der Waals surface area (Å²) in [6.45, 7) is 1.30. The molecule has 1 aliphatic carbocycles. The summed E-state index contributed by atoms with van der Waals surface area (Å²) < 4.78 is 79.3. The number of hydrogen-bond donors (Lipinski definition) is 2. The average Bonchev–Trinajstić information content (AvgIpc) is 2.74. The van der Waals surface area contributed by atoms with Gasteiger partial charge in [-0.1, -0.05) is 30.3 Å². The van der Waals surface area contributed by atoms with Crippen molar-refractivity contribution >= 4 is 5.91 Å². The van der Waals surface area contributed by atoms with E-state index in [1.165, 1.54) is 6.92 Å². The van der Waals surface area contributed by atoms with Crippen molar-refractivity contribution in [2.45, 2.75) is 62.5 Å². The first kappa shape index (κ1) is 24.1. The molecule has 0 aromatic heterocycles. The number of carbonyl (C=O) groups is 1. The molecule has 2 aromatic rings. The minimum Gasteiger partial charge on any atom is -0.346 e. The van der Waals surface area contributed by atoms with E-state index in [2.05, 4.69) is 5.32 Å². The van der Waals surface area contributed by atoms with E-state index in [4.69, 9.17) is 5.73 Å². The van der Waals surface area contributed by atoms with Gasteiger partial charge in [0.05, 0.1) is 22.6 Å². The van der Waals surface area contributed by atoms with Crippen molar-refractivity contribution in [1.29, 1.82) is 0 Å². The molecule has 0 radical (unpaired) electrons. The molecule has 3 rings (SSSR count). The number of halogens is 6. The molecule has 0 saturated heterocycles. The molecule has 0 bridgehead atoms.